The van der Waals surface area contributed by atoms with Crippen LogP contribution in [-0.4, -0.2) is 28.3 Å². The van der Waals surface area contributed by atoms with Crippen molar-refractivity contribution in [3.63, 3.8) is 0 Å². The number of ether oxygens (including phenoxy) is 1. The third kappa shape index (κ3) is 2.44. The molecule has 3 rings (SSSR count). The molecule has 0 saturated carbocycles. The van der Waals surface area contributed by atoms with Crippen molar-refractivity contribution in [1.29, 1.82) is 0 Å². The van der Waals surface area contributed by atoms with Gasteiger partial charge in [0.25, 0.3) is 0 Å². The van der Waals surface area contributed by atoms with Crippen LogP contribution in [0.15, 0.2) is 35.1 Å². The molecule has 0 spiro atoms. The van der Waals surface area contributed by atoms with Crippen molar-refractivity contribution >= 4 is 17.8 Å². The molecule has 2 aliphatic rings. The van der Waals surface area contributed by atoms with Gasteiger partial charge in [-0.15, -0.1) is 0 Å². The number of nitro groups is 1. The zero-order valence-electron chi connectivity index (χ0n) is 10.8. The zero-order valence-corrected chi connectivity index (χ0v) is 11.5. The van der Waals surface area contributed by atoms with Crippen LogP contribution in [0.3, 0.4) is 0 Å². The van der Waals surface area contributed by atoms with Crippen LogP contribution >= 0.6 is 11.6 Å². The van der Waals surface area contributed by atoms with E-state index < -0.39 is 16.4 Å². The lowest BCUT2D eigenvalue weighted by Crippen LogP contribution is -2.36. The number of alkyl halides is 1. The Morgan fingerprint density at radius 1 is 1.52 bits per heavy atom. The summed E-state index contributed by atoms with van der Waals surface area (Å²) in [5, 5.41) is 10.9. The molecule has 0 aromatic heterocycles. The molecule has 1 aromatic carbocycles. The Morgan fingerprint density at radius 2 is 2.33 bits per heavy atom. The van der Waals surface area contributed by atoms with E-state index in [2.05, 4.69) is 4.99 Å². The molecule has 0 N–H and O–H groups in total. The predicted molar refractivity (Wildman–Crippen MR) is 74.3 cm³/mol. The monoisotopic (exact) mass is 311 g/mol. The van der Waals surface area contributed by atoms with Gasteiger partial charge in [0.2, 0.25) is 0 Å². The standard InChI is InChI=1S/C13H11ClFN3O3/c14-13-16-6-8(18(19)20)7-17(13)11-4-5-21-12-9(11)2-1-3-10(12)15/h1-3,6-7,11,13H,4-5H2/t11-,13?/m1/s1. The maximum atomic E-state index is 13.8. The van der Waals surface area contributed by atoms with E-state index in [0.29, 0.717) is 18.6 Å². The molecule has 0 saturated heterocycles. The summed E-state index contributed by atoms with van der Waals surface area (Å²) >= 11 is 6.12. The summed E-state index contributed by atoms with van der Waals surface area (Å²) in [6.45, 7) is 0.310. The second-order valence-corrected chi connectivity index (χ2v) is 5.05. The molecule has 2 heterocycles. The fourth-order valence-electron chi connectivity index (χ4n) is 2.47. The van der Waals surface area contributed by atoms with E-state index in [1.54, 1.807) is 17.0 Å². The number of halogens is 2. The highest BCUT2D eigenvalue weighted by Gasteiger charge is 2.33. The molecule has 0 radical (unpaired) electrons. The lowest BCUT2D eigenvalue weighted by atomic mass is 9.99. The summed E-state index contributed by atoms with van der Waals surface area (Å²) in [5.41, 5.74) is -0.313. The normalized spacial score (nSPS) is 24.1. The first-order valence-electron chi connectivity index (χ1n) is 6.30. The minimum atomic E-state index is -0.770. The Bertz CT molecular complexity index is 650. The van der Waals surface area contributed by atoms with Gasteiger partial charge in [0.15, 0.2) is 17.2 Å². The third-order valence-corrected chi connectivity index (χ3v) is 3.76. The molecule has 0 bridgehead atoms. The molecule has 1 unspecified atom stereocenters. The van der Waals surface area contributed by atoms with Crippen molar-refractivity contribution in [1.82, 2.24) is 4.90 Å². The summed E-state index contributed by atoms with van der Waals surface area (Å²) in [6.07, 6.45) is 3.01. The number of aliphatic imine (C=N–C) groups is 1. The zero-order chi connectivity index (χ0) is 15.0. The van der Waals surface area contributed by atoms with Crippen LogP contribution < -0.4 is 4.74 Å². The van der Waals surface area contributed by atoms with E-state index in [1.807, 2.05) is 0 Å². The van der Waals surface area contributed by atoms with Gasteiger partial charge in [0.1, 0.15) is 6.21 Å². The molecule has 2 atom stereocenters. The van der Waals surface area contributed by atoms with Crippen molar-refractivity contribution in [2.75, 3.05) is 6.61 Å². The third-order valence-electron chi connectivity index (χ3n) is 3.42. The number of rotatable bonds is 2. The number of para-hydroxylation sites is 1. The summed E-state index contributed by atoms with van der Waals surface area (Å²) in [5.74, 6) is -0.287. The highest BCUT2D eigenvalue weighted by atomic mass is 35.5. The minimum Gasteiger partial charge on any atom is -0.490 e. The van der Waals surface area contributed by atoms with Crippen LogP contribution in [0.5, 0.6) is 5.75 Å². The van der Waals surface area contributed by atoms with Gasteiger partial charge < -0.3 is 9.64 Å². The number of hydrogen-bond acceptors (Lipinski definition) is 5. The van der Waals surface area contributed by atoms with Gasteiger partial charge in [-0.1, -0.05) is 23.7 Å². The average Bonchev–Trinajstić information content (AvgIpc) is 2.47. The summed E-state index contributed by atoms with van der Waals surface area (Å²) < 4.78 is 19.1. The summed E-state index contributed by atoms with van der Waals surface area (Å²) in [6, 6.07) is 4.29. The van der Waals surface area contributed by atoms with Gasteiger partial charge in [0, 0.05) is 12.0 Å². The van der Waals surface area contributed by atoms with Gasteiger partial charge in [-0.05, 0) is 6.07 Å². The quantitative estimate of drug-likeness (QED) is 0.364. The Kier molecular flexibility index (Phi) is 3.50. The van der Waals surface area contributed by atoms with Crippen molar-refractivity contribution in [2.45, 2.75) is 18.1 Å². The Balaban J connectivity index is 2.00. The molecule has 21 heavy (non-hydrogen) atoms. The fraction of sp³-hybridized carbons (Fsp3) is 0.308. The summed E-state index contributed by atoms with van der Waals surface area (Å²) in [7, 11) is 0. The fourth-order valence-corrected chi connectivity index (χ4v) is 2.72. The average molecular weight is 312 g/mol. The highest BCUT2D eigenvalue weighted by molar-refractivity contribution is 6.20. The first-order chi connectivity index (χ1) is 10.1. The molecule has 110 valence electrons. The molecular weight excluding hydrogens is 301 g/mol. The first kappa shape index (κ1) is 13.8. The molecular formula is C13H11ClFN3O3. The Hall–Kier alpha value is -2.15. The van der Waals surface area contributed by atoms with E-state index in [9.17, 15) is 14.5 Å². The molecule has 0 amide bonds. The van der Waals surface area contributed by atoms with Gasteiger partial charge in [0.05, 0.1) is 23.8 Å². The van der Waals surface area contributed by atoms with Crippen LogP contribution in [0, 0.1) is 15.9 Å². The summed E-state index contributed by atoms with van der Waals surface area (Å²) in [4.78, 5) is 15.8. The minimum absolute atomic E-state index is 0.156. The van der Waals surface area contributed by atoms with Crippen LogP contribution in [0.2, 0.25) is 0 Å². The topological polar surface area (TPSA) is 68.0 Å². The molecule has 1 aromatic rings. The first-order valence-corrected chi connectivity index (χ1v) is 6.73. The highest BCUT2D eigenvalue weighted by Crippen LogP contribution is 2.40. The van der Waals surface area contributed by atoms with Crippen LogP contribution in [0.1, 0.15) is 18.0 Å². The van der Waals surface area contributed by atoms with E-state index in [-0.39, 0.29) is 17.5 Å². The second-order valence-electron chi connectivity index (χ2n) is 4.66. The van der Waals surface area contributed by atoms with E-state index >= 15 is 0 Å². The SMILES string of the molecule is O=[N+]([O-])C1=CN([C@@H]2CCOc3c(F)cccc32)C(Cl)N=C1. The molecule has 0 aliphatic carbocycles. The maximum Gasteiger partial charge on any atom is 0.302 e. The largest absolute Gasteiger partial charge is 0.490 e. The van der Waals surface area contributed by atoms with E-state index in [4.69, 9.17) is 16.3 Å². The van der Waals surface area contributed by atoms with Gasteiger partial charge in [-0.25, -0.2) is 9.38 Å². The Labute approximate surface area is 124 Å². The Morgan fingerprint density at radius 3 is 3.10 bits per heavy atom. The van der Waals surface area contributed by atoms with Crippen molar-refractivity contribution < 1.29 is 14.1 Å². The lowest BCUT2D eigenvalue weighted by Gasteiger charge is -2.36. The van der Waals surface area contributed by atoms with Crippen molar-refractivity contribution in [3.8, 4) is 5.75 Å². The number of hydrogen-bond donors (Lipinski definition) is 0. The van der Waals surface area contributed by atoms with Crippen LogP contribution in [0.25, 0.3) is 0 Å². The molecule has 0 fully saturated rings. The lowest BCUT2D eigenvalue weighted by molar-refractivity contribution is -0.415. The number of benzene rings is 1. The van der Waals surface area contributed by atoms with Crippen molar-refractivity contribution in [3.05, 3.63) is 51.6 Å². The van der Waals surface area contributed by atoms with E-state index in [1.165, 1.54) is 12.3 Å². The van der Waals surface area contributed by atoms with Gasteiger partial charge in [-0.3, -0.25) is 10.1 Å². The van der Waals surface area contributed by atoms with Crippen molar-refractivity contribution in [2.24, 2.45) is 4.99 Å². The van der Waals surface area contributed by atoms with E-state index in [0.717, 1.165) is 6.21 Å². The van der Waals surface area contributed by atoms with Crippen LogP contribution in [0.4, 0.5) is 4.39 Å². The molecule has 6 nitrogen and oxygen atoms in total. The number of allylic oxidation sites excluding steroid dienone is 1. The second kappa shape index (κ2) is 5.33. The number of nitrogens with zero attached hydrogens (tertiary/aromatic N) is 3. The van der Waals surface area contributed by atoms with Gasteiger partial charge >= 0.3 is 5.70 Å². The number of fused-ring (bicyclic) bond motifs is 1. The smallest absolute Gasteiger partial charge is 0.302 e. The molecule has 2 aliphatic heterocycles. The molecule has 8 heteroatoms. The predicted octanol–water partition coefficient (Wildman–Crippen LogP) is 2.68. The maximum absolute atomic E-state index is 13.8. The van der Waals surface area contributed by atoms with Gasteiger partial charge in [-0.2, -0.15) is 0 Å². The van der Waals surface area contributed by atoms with Crippen LogP contribution in [-0.2, 0) is 0 Å².